The summed E-state index contributed by atoms with van der Waals surface area (Å²) in [6.07, 6.45) is -2.01. The van der Waals surface area contributed by atoms with Crippen molar-refractivity contribution in [2.24, 2.45) is 4.99 Å². The highest BCUT2D eigenvalue weighted by atomic mass is 16.6. The number of ether oxygens (including phenoxy) is 1. The molecule has 7 heteroatoms. The summed E-state index contributed by atoms with van der Waals surface area (Å²) in [7, 11) is 0. The summed E-state index contributed by atoms with van der Waals surface area (Å²) in [5, 5.41) is 41.6. The smallest absolute Gasteiger partial charge is 0.285 e. The van der Waals surface area contributed by atoms with E-state index in [1.165, 1.54) is 0 Å². The highest BCUT2D eigenvalue weighted by molar-refractivity contribution is 5.77. The Morgan fingerprint density at radius 2 is 2.06 bits per heavy atom. The van der Waals surface area contributed by atoms with Crippen LogP contribution in [0.15, 0.2) is 4.99 Å². The molecule has 0 amide bonds. The monoisotopic (exact) mass is 260 g/mol. The molecule has 7 nitrogen and oxygen atoms in total. The van der Waals surface area contributed by atoms with Crippen molar-refractivity contribution in [3.63, 3.8) is 0 Å². The van der Waals surface area contributed by atoms with Gasteiger partial charge < -0.3 is 30.5 Å². The first-order valence-corrected chi connectivity index (χ1v) is 6.22. The zero-order valence-electron chi connectivity index (χ0n) is 10.3. The number of hydrogen-bond acceptors (Lipinski definition) is 7. The normalized spacial score (nSPS) is 42.4. The minimum Gasteiger partial charge on any atom is -0.451 e. The van der Waals surface area contributed by atoms with E-state index in [4.69, 9.17) is 4.74 Å². The SMILES string of the molecule is CCCCNC1=N[C@H]2[C@@H](O)[C@H](O)[C@@H](O)[C@@]2(CO)O1. The predicted molar refractivity (Wildman–Crippen MR) is 63.1 cm³/mol. The van der Waals surface area contributed by atoms with Gasteiger partial charge in [0.1, 0.15) is 24.4 Å². The number of amidine groups is 1. The van der Waals surface area contributed by atoms with Crippen molar-refractivity contribution in [3.8, 4) is 0 Å². The Balaban J connectivity index is 2.10. The van der Waals surface area contributed by atoms with Gasteiger partial charge in [-0.15, -0.1) is 0 Å². The minimum atomic E-state index is -1.44. The molecule has 0 radical (unpaired) electrons. The van der Waals surface area contributed by atoms with Gasteiger partial charge in [0.25, 0.3) is 6.02 Å². The topological polar surface area (TPSA) is 115 Å². The highest BCUT2D eigenvalue weighted by Crippen LogP contribution is 2.40. The molecule has 104 valence electrons. The molecule has 18 heavy (non-hydrogen) atoms. The lowest BCUT2D eigenvalue weighted by molar-refractivity contribution is -0.101. The van der Waals surface area contributed by atoms with Crippen LogP contribution in [-0.2, 0) is 4.74 Å². The largest absolute Gasteiger partial charge is 0.451 e. The summed E-state index contributed by atoms with van der Waals surface area (Å²) < 4.78 is 5.44. The maximum absolute atomic E-state index is 9.88. The van der Waals surface area contributed by atoms with E-state index in [9.17, 15) is 20.4 Å². The van der Waals surface area contributed by atoms with Gasteiger partial charge in [0, 0.05) is 6.54 Å². The Kier molecular flexibility index (Phi) is 3.76. The van der Waals surface area contributed by atoms with Crippen molar-refractivity contribution in [1.29, 1.82) is 0 Å². The molecule has 5 atom stereocenters. The number of aliphatic hydroxyl groups is 4. The maximum atomic E-state index is 9.88. The summed E-state index contributed by atoms with van der Waals surface area (Å²) in [6, 6.07) is -0.649. The van der Waals surface area contributed by atoms with Crippen LogP contribution in [-0.4, -0.2) is 69.6 Å². The third-order valence-electron chi connectivity index (χ3n) is 3.59. The number of nitrogens with one attached hydrogen (secondary N) is 1. The van der Waals surface area contributed by atoms with E-state index < -0.39 is 36.6 Å². The number of fused-ring (bicyclic) bond motifs is 1. The van der Waals surface area contributed by atoms with E-state index in [1.807, 2.05) is 6.92 Å². The zero-order chi connectivity index (χ0) is 13.3. The lowest BCUT2D eigenvalue weighted by atomic mass is 9.97. The van der Waals surface area contributed by atoms with E-state index in [1.54, 1.807) is 0 Å². The quantitative estimate of drug-likeness (QED) is 0.372. The van der Waals surface area contributed by atoms with Gasteiger partial charge in [0.05, 0.1) is 6.61 Å². The summed E-state index contributed by atoms with van der Waals surface area (Å²) in [5.74, 6) is 0. The first-order chi connectivity index (χ1) is 8.56. The molecular weight excluding hydrogens is 240 g/mol. The van der Waals surface area contributed by atoms with Crippen LogP contribution in [0, 0.1) is 0 Å². The highest BCUT2D eigenvalue weighted by Gasteiger charge is 2.65. The second-order valence-electron chi connectivity index (χ2n) is 4.80. The van der Waals surface area contributed by atoms with Crippen molar-refractivity contribution < 1.29 is 25.2 Å². The lowest BCUT2D eigenvalue weighted by Gasteiger charge is -2.29. The molecule has 1 aliphatic heterocycles. The molecule has 1 fully saturated rings. The van der Waals surface area contributed by atoms with Gasteiger partial charge in [-0.1, -0.05) is 13.3 Å². The van der Waals surface area contributed by atoms with Crippen LogP contribution >= 0.6 is 0 Å². The van der Waals surface area contributed by atoms with Crippen molar-refractivity contribution >= 4 is 6.02 Å². The van der Waals surface area contributed by atoms with Gasteiger partial charge in [0.15, 0.2) is 5.60 Å². The molecule has 0 aromatic rings. The minimum absolute atomic E-state index is 0.201. The summed E-state index contributed by atoms with van der Waals surface area (Å²) >= 11 is 0. The van der Waals surface area contributed by atoms with Crippen molar-refractivity contribution in [2.75, 3.05) is 13.2 Å². The number of unbranched alkanes of at least 4 members (excludes halogenated alkanes) is 1. The number of aliphatic hydroxyl groups excluding tert-OH is 4. The Bertz CT molecular complexity index is 337. The number of rotatable bonds is 4. The second kappa shape index (κ2) is 5.00. The third-order valence-corrected chi connectivity index (χ3v) is 3.59. The molecule has 5 N–H and O–H groups in total. The van der Waals surface area contributed by atoms with Crippen LogP contribution in [0.2, 0.25) is 0 Å². The van der Waals surface area contributed by atoms with Crippen LogP contribution in [0.4, 0.5) is 0 Å². The Hall–Kier alpha value is -0.890. The molecule has 2 aliphatic rings. The Labute approximate surface area is 105 Å². The summed E-state index contributed by atoms with van der Waals surface area (Å²) in [6.45, 7) is 2.19. The molecule has 0 unspecified atom stereocenters. The molecule has 1 heterocycles. The first-order valence-electron chi connectivity index (χ1n) is 6.22. The van der Waals surface area contributed by atoms with Crippen molar-refractivity contribution in [3.05, 3.63) is 0 Å². The fourth-order valence-corrected chi connectivity index (χ4v) is 2.44. The number of nitrogens with zero attached hydrogens (tertiary/aromatic N) is 1. The van der Waals surface area contributed by atoms with Crippen LogP contribution in [0.5, 0.6) is 0 Å². The lowest BCUT2D eigenvalue weighted by Crippen LogP contribution is -2.52. The molecule has 0 spiro atoms. The molecule has 0 bridgehead atoms. The number of hydrogen-bond donors (Lipinski definition) is 5. The van der Waals surface area contributed by atoms with Crippen LogP contribution < -0.4 is 5.32 Å². The van der Waals surface area contributed by atoms with E-state index >= 15 is 0 Å². The van der Waals surface area contributed by atoms with E-state index in [0.717, 1.165) is 12.8 Å². The second-order valence-corrected chi connectivity index (χ2v) is 4.80. The van der Waals surface area contributed by atoms with E-state index in [0.29, 0.717) is 6.54 Å². The summed E-state index contributed by atoms with van der Waals surface area (Å²) in [4.78, 5) is 4.10. The average Bonchev–Trinajstić information content (AvgIpc) is 2.82. The average molecular weight is 260 g/mol. The first kappa shape index (κ1) is 13.5. The van der Waals surface area contributed by atoms with Gasteiger partial charge in [-0.25, -0.2) is 4.99 Å². The molecular formula is C11H20N2O5. The molecule has 0 aromatic carbocycles. The molecule has 2 rings (SSSR count). The zero-order valence-corrected chi connectivity index (χ0v) is 10.3. The standard InChI is InChI=1S/C11H20N2O5/c1-2-3-4-12-10-13-8-6(15)7(16)9(17)11(8,5-14)18-10/h6-9,14-17H,2-5H2,1H3,(H,12,13)/t6-,7-,8-,9+,11-/m0/s1. The van der Waals surface area contributed by atoms with Gasteiger partial charge in [-0.3, -0.25) is 0 Å². The molecule has 1 aliphatic carbocycles. The van der Waals surface area contributed by atoms with Gasteiger partial charge in [0.2, 0.25) is 0 Å². The van der Waals surface area contributed by atoms with Crippen LogP contribution in [0.3, 0.4) is 0 Å². The van der Waals surface area contributed by atoms with E-state index in [2.05, 4.69) is 10.3 Å². The fraction of sp³-hybridized carbons (Fsp3) is 0.909. The predicted octanol–water partition coefficient (Wildman–Crippen LogP) is -2.04. The van der Waals surface area contributed by atoms with Crippen molar-refractivity contribution in [2.45, 2.75) is 49.7 Å². The number of aliphatic imine (C=N–C) groups is 1. The van der Waals surface area contributed by atoms with Crippen LogP contribution in [0.1, 0.15) is 19.8 Å². The van der Waals surface area contributed by atoms with Crippen molar-refractivity contribution in [1.82, 2.24) is 5.32 Å². The fourth-order valence-electron chi connectivity index (χ4n) is 2.44. The maximum Gasteiger partial charge on any atom is 0.285 e. The van der Waals surface area contributed by atoms with Gasteiger partial charge in [-0.05, 0) is 6.42 Å². The Morgan fingerprint density at radius 3 is 2.61 bits per heavy atom. The van der Waals surface area contributed by atoms with Gasteiger partial charge >= 0.3 is 0 Å². The molecule has 0 aromatic heterocycles. The summed E-state index contributed by atoms with van der Waals surface area (Å²) in [5.41, 5.74) is -1.44. The van der Waals surface area contributed by atoms with E-state index in [-0.39, 0.29) is 6.02 Å². The molecule has 1 saturated carbocycles. The van der Waals surface area contributed by atoms with Gasteiger partial charge in [-0.2, -0.15) is 0 Å². The third kappa shape index (κ3) is 1.87. The molecule has 0 saturated heterocycles. The Morgan fingerprint density at radius 1 is 1.33 bits per heavy atom. The van der Waals surface area contributed by atoms with Crippen LogP contribution in [0.25, 0.3) is 0 Å².